The maximum absolute atomic E-state index is 13.3. The van der Waals surface area contributed by atoms with Gasteiger partial charge in [0.15, 0.2) is 0 Å². The molecule has 1 rings (SSSR count). The number of aliphatic hydroxyl groups excluding tert-OH is 1. The summed E-state index contributed by atoms with van der Waals surface area (Å²) in [6.45, 7) is 3.76. The van der Waals surface area contributed by atoms with Crippen LogP contribution < -0.4 is 10.6 Å². The number of carbonyl (C=O) groups excluding carboxylic acids is 2. The molecule has 5 nitrogen and oxygen atoms in total. The maximum atomic E-state index is 13.3. The third kappa shape index (κ3) is 5.47. The second-order valence-electron chi connectivity index (χ2n) is 4.93. The number of halogens is 2. The lowest BCUT2D eigenvalue weighted by atomic mass is 10.0. The minimum Gasteiger partial charge on any atom is -0.393 e. The van der Waals surface area contributed by atoms with Crippen molar-refractivity contribution >= 4 is 17.5 Å². The van der Waals surface area contributed by atoms with Crippen LogP contribution in [0.1, 0.15) is 20.3 Å². The molecular formula is C14H18F2N2O3. The average Bonchev–Trinajstić information content (AvgIpc) is 2.42. The Morgan fingerprint density at radius 3 is 2.52 bits per heavy atom. The van der Waals surface area contributed by atoms with E-state index in [0.29, 0.717) is 6.42 Å². The summed E-state index contributed by atoms with van der Waals surface area (Å²) in [5.74, 6) is -3.61. The molecule has 3 N–H and O–H groups in total. The predicted molar refractivity (Wildman–Crippen MR) is 73.5 cm³/mol. The van der Waals surface area contributed by atoms with Gasteiger partial charge in [-0.25, -0.2) is 8.78 Å². The molecule has 21 heavy (non-hydrogen) atoms. The van der Waals surface area contributed by atoms with E-state index < -0.39 is 35.2 Å². The summed E-state index contributed by atoms with van der Waals surface area (Å²) in [5, 5.41) is 13.8. The van der Waals surface area contributed by atoms with Gasteiger partial charge in [-0.3, -0.25) is 9.59 Å². The van der Waals surface area contributed by atoms with Gasteiger partial charge >= 0.3 is 11.8 Å². The monoisotopic (exact) mass is 300 g/mol. The van der Waals surface area contributed by atoms with Crippen molar-refractivity contribution in [3.63, 3.8) is 0 Å². The van der Waals surface area contributed by atoms with Crippen molar-refractivity contribution in [2.45, 2.75) is 26.4 Å². The smallest absolute Gasteiger partial charge is 0.313 e. The van der Waals surface area contributed by atoms with Crippen molar-refractivity contribution < 1.29 is 23.5 Å². The molecule has 2 amide bonds. The lowest BCUT2D eigenvalue weighted by molar-refractivity contribution is -0.136. The Bertz CT molecular complexity index is 521. The molecule has 0 fully saturated rings. The zero-order valence-electron chi connectivity index (χ0n) is 11.8. The van der Waals surface area contributed by atoms with Crippen molar-refractivity contribution in [1.29, 1.82) is 0 Å². The number of aliphatic hydroxyl groups is 1. The van der Waals surface area contributed by atoms with Crippen LogP contribution >= 0.6 is 0 Å². The van der Waals surface area contributed by atoms with Gasteiger partial charge in [0, 0.05) is 12.6 Å². The number of hydrogen-bond acceptors (Lipinski definition) is 3. The molecule has 1 atom stereocenters. The number of nitrogens with one attached hydrogen (secondary N) is 2. The summed E-state index contributed by atoms with van der Waals surface area (Å²) in [6.07, 6.45) is -0.292. The zero-order chi connectivity index (χ0) is 16.0. The largest absolute Gasteiger partial charge is 0.393 e. The van der Waals surface area contributed by atoms with E-state index in [-0.39, 0.29) is 12.5 Å². The summed E-state index contributed by atoms with van der Waals surface area (Å²) in [6, 6.07) is 2.53. The first-order valence-corrected chi connectivity index (χ1v) is 6.53. The fourth-order valence-corrected chi connectivity index (χ4v) is 1.52. The Morgan fingerprint density at radius 1 is 1.24 bits per heavy atom. The van der Waals surface area contributed by atoms with Crippen LogP contribution in [0, 0.1) is 17.6 Å². The van der Waals surface area contributed by atoms with E-state index in [1.807, 2.05) is 19.2 Å². The molecule has 0 spiro atoms. The Kier molecular flexibility index (Phi) is 6.23. The van der Waals surface area contributed by atoms with Crippen LogP contribution in [0.4, 0.5) is 14.5 Å². The number of carbonyl (C=O) groups is 2. The molecule has 0 radical (unpaired) electrons. The van der Waals surface area contributed by atoms with Crippen LogP contribution in [-0.4, -0.2) is 29.6 Å². The van der Waals surface area contributed by atoms with Gasteiger partial charge < -0.3 is 15.7 Å². The highest BCUT2D eigenvalue weighted by Crippen LogP contribution is 2.14. The fourth-order valence-electron chi connectivity index (χ4n) is 1.52. The highest BCUT2D eigenvalue weighted by atomic mass is 19.1. The Labute approximate surface area is 121 Å². The first-order valence-electron chi connectivity index (χ1n) is 6.53. The number of anilines is 1. The van der Waals surface area contributed by atoms with Gasteiger partial charge in [-0.1, -0.05) is 13.8 Å². The third-order valence-electron chi connectivity index (χ3n) is 2.88. The Hall–Kier alpha value is -2.02. The molecular weight excluding hydrogens is 282 g/mol. The molecule has 1 unspecified atom stereocenters. The molecule has 0 aliphatic rings. The summed E-state index contributed by atoms with van der Waals surface area (Å²) >= 11 is 0. The zero-order valence-corrected chi connectivity index (χ0v) is 11.8. The predicted octanol–water partition coefficient (Wildman–Crippen LogP) is 1.43. The van der Waals surface area contributed by atoms with E-state index in [4.69, 9.17) is 0 Å². The first kappa shape index (κ1) is 17.0. The lowest BCUT2D eigenvalue weighted by Crippen LogP contribution is -2.37. The second-order valence-corrected chi connectivity index (χ2v) is 4.93. The average molecular weight is 300 g/mol. The highest BCUT2D eigenvalue weighted by Gasteiger charge is 2.16. The second kappa shape index (κ2) is 7.68. The van der Waals surface area contributed by atoms with Gasteiger partial charge in [0.1, 0.15) is 11.6 Å². The molecule has 0 heterocycles. The summed E-state index contributed by atoms with van der Waals surface area (Å²) in [4.78, 5) is 23.0. The normalized spacial score (nSPS) is 12.1. The van der Waals surface area contributed by atoms with Crippen LogP contribution in [0.15, 0.2) is 18.2 Å². The molecule has 0 saturated carbocycles. The standard InChI is InChI=1S/C14H18F2N2O3/c1-8(2)12(19)5-6-17-13(20)14(21)18-11-7-9(15)3-4-10(11)16/h3-4,7-8,12,19H,5-6H2,1-2H3,(H,17,20)(H,18,21). The van der Waals surface area contributed by atoms with Gasteiger partial charge in [-0.05, 0) is 24.5 Å². The van der Waals surface area contributed by atoms with Crippen molar-refractivity contribution in [1.82, 2.24) is 5.32 Å². The molecule has 0 bridgehead atoms. The molecule has 7 heteroatoms. The number of hydrogen-bond donors (Lipinski definition) is 3. The molecule has 116 valence electrons. The van der Waals surface area contributed by atoms with Crippen molar-refractivity contribution in [3.05, 3.63) is 29.8 Å². The highest BCUT2D eigenvalue weighted by molar-refractivity contribution is 6.39. The van der Waals surface area contributed by atoms with Crippen molar-refractivity contribution in [2.75, 3.05) is 11.9 Å². The van der Waals surface area contributed by atoms with E-state index in [1.165, 1.54) is 0 Å². The summed E-state index contributed by atoms with van der Waals surface area (Å²) < 4.78 is 26.2. The van der Waals surface area contributed by atoms with Crippen LogP contribution in [0.5, 0.6) is 0 Å². The Morgan fingerprint density at radius 2 is 1.90 bits per heavy atom. The SMILES string of the molecule is CC(C)C(O)CCNC(=O)C(=O)Nc1cc(F)ccc1F. The van der Waals surface area contributed by atoms with E-state index in [0.717, 1.165) is 18.2 Å². The van der Waals surface area contributed by atoms with Gasteiger partial charge in [0.2, 0.25) is 0 Å². The molecule has 1 aromatic carbocycles. The topological polar surface area (TPSA) is 78.4 Å². The minimum absolute atomic E-state index is 0.0390. The van der Waals surface area contributed by atoms with Crippen LogP contribution in [0.3, 0.4) is 0 Å². The summed E-state index contributed by atoms with van der Waals surface area (Å²) in [7, 11) is 0. The van der Waals surface area contributed by atoms with Gasteiger partial charge in [0.25, 0.3) is 0 Å². The minimum atomic E-state index is -1.10. The number of benzene rings is 1. The van der Waals surface area contributed by atoms with Gasteiger partial charge in [-0.2, -0.15) is 0 Å². The van der Waals surface area contributed by atoms with Crippen LogP contribution in [0.2, 0.25) is 0 Å². The van der Waals surface area contributed by atoms with Crippen LogP contribution in [-0.2, 0) is 9.59 Å². The van der Waals surface area contributed by atoms with Crippen molar-refractivity contribution in [2.24, 2.45) is 5.92 Å². The van der Waals surface area contributed by atoms with E-state index in [9.17, 15) is 23.5 Å². The lowest BCUT2D eigenvalue weighted by Gasteiger charge is -2.14. The van der Waals surface area contributed by atoms with Crippen LogP contribution in [0.25, 0.3) is 0 Å². The number of amides is 2. The van der Waals surface area contributed by atoms with E-state index >= 15 is 0 Å². The fraction of sp³-hybridized carbons (Fsp3) is 0.429. The maximum Gasteiger partial charge on any atom is 0.313 e. The molecule has 0 aliphatic heterocycles. The molecule has 0 aromatic heterocycles. The third-order valence-corrected chi connectivity index (χ3v) is 2.88. The quantitative estimate of drug-likeness (QED) is 0.720. The van der Waals surface area contributed by atoms with Crippen molar-refractivity contribution in [3.8, 4) is 0 Å². The number of rotatable bonds is 5. The van der Waals surface area contributed by atoms with E-state index in [1.54, 1.807) is 0 Å². The Balaban J connectivity index is 2.48. The molecule has 0 aliphatic carbocycles. The summed E-state index contributed by atoms with van der Waals surface area (Å²) in [5.41, 5.74) is -0.405. The molecule has 0 saturated heterocycles. The first-order chi connectivity index (χ1) is 9.81. The van der Waals surface area contributed by atoms with Gasteiger partial charge in [0.05, 0.1) is 11.8 Å². The van der Waals surface area contributed by atoms with E-state index in [2.05, 4.69) is 5.32 Å². The van der Waals surface area contributed by atoms with Gasteiger partial charge in [-0.15, -0.1) is 0 Å². The molecule has 1 aromatic rings.